The van der Waals surface area contributed by atoms with Gasteiger partial charge in [0, 0.05) is 12.1 Å². The number of rotatable bonds is 2. The van der Waals surface area contributed by atoms with E-state index in [1.165, 1.54) is 6.42 Å². The van der Waals surface area contributed by atoms with Crippen molar-refractivity contribution < 1.29 is 9.31 Å². The highest BCUT2D eigenvalue weighted by molar-refractivity contribution is 4.99. The first-order valence-electron chi connectivity index (χ1n) is 6.28. The average Bonchev–Trinajstić information content (AvgIpc) is 2.62. The fourth-order valence-electron chi connectivity index (χ4n) is 2.74. The van der Waals surface area contributed by atoms with Crippen molar-refractivity contribution in [3.63, 3.8) is 0 Å². The van der Waals surface area contributed by atoms with Gasteiger partial charge >= 0.3 is 0 Å². The van der Waals surface area contributed by atoms with Crippen LogP contribution in [0, 0.1) is 17.2 Å². The molecule has 0 bridgehead atoms. The van der Waals surface area contributed by atoms with Gasteiger partial charge in [-0.25, -0.2) is 0 Å². The van der Waals surface area contributed by atoms with Gasteiger partial charge in [0.1, 0.15) is 0 Å². The molecule has 0 saturated carbocycles. The molecule has 17 heavy (non-hydrogen) atoms. The lowest BCUT2D eigenvalue weighted by Crippen LogP contribution is -2.71. The molecule has 5 heteroatoms. The van der Waals surface area contributed by atoms with E-state index in [0.717, 1.165) is 24.8 Å². The SMILES string of the molecule is CC(C)C1CCN([n+]2cc(=N)o[n-]2)C(C)(C)C1. The second-order valence-electron chi connectivity index (χ2n) is 5.92. The maximum Gasteiger partial charge on any atom is 0.286 e. The lowest BCUT2D eigenvalue weighted by atomic mass is 9.78. The Balaban J connectivity index is 2.19. The zero-order valence-corrected chi connectivity index (χ0v) is 11.1. The van der Waals surface area contributed by atoms with Crippen LogP contribution < -0.4 is 20.6 Å². The molecule has 2 rings (SSSR count). The van der Waals surface area contributed by atoms with Gasteiger partial charge < -0.3 is 4.52 Å². The van der Waals surface area contributed by atoms with Crippen molar-refractivity contribution >= 4 is 0 Å². The average molecular weight is 238 g/mol. The van der Waals surface area contributed by atoms with Crippen molar-refractivity contribution in [3.8, 4) is 0 Å². The molecule has 1 unspecified atom stereocenters. The van der Waals surface area contributed by atoms with Crippen LogP contribution in [0.25, 0.3) is 0 Å². The van der Waals surface area contributed by atoms with Gasteiger partial charge in [-0.1, -0.05) is 32.5 Å². The highest BCUT2D eigenvalue weighted by atomic mass is 16.5. The molecule has 1 aromatic rings. The van der Waals surface area contributed by atoms with Gasteiger partial charge in [-0.3, -0.25) is 10.4 Å². The number of piperidine rings is 1. The van der Waals surface area contributed by atoms with Crippen LogP contribution in [0.4, 0.5) is 0 Å². The minimum atomic E-state index is 0.0567. The molecule has 5 nitrogen and oxygen atoms in total. The topological polar surface area (TPSA) is 58.2 Å². The first kappa shape index (κ1) is 12.2. The maximum atomic E-state index is 7.40. The van der Waals surface area contributed by atoms with Crippen LogP contribution in [0.3, 0.4) is 0 Å². The Morgan fingerprint density at radius 1 is 1.59 bits per heavy atom. The van der Waals surface area contributed by atoms with E-state index in [-0.39, 0.29) is 11.1 Å². The minimum absolute atomic E-state index is 0.0567. The molecule has 1 aromatic heterocycles. The van der Waals surface area contributed by atoms with E-state index in [1.54, 1.807) is 11.0 Å². The third-order valence-corrected chi connectivity index (χ3v) is 3.82. The Morgan fingerprint density at radius 3 is 2.76 bits per heavy atom. The third kappa shape index (κ3) is 2.37. The fourth-order valence-corrected chi connectivity index (χ4v) is 2.74. The summed E-state index contributed by atoms with van der Waals surface area (Å²) in [5, 5.41) is 13.5. The number of nitrogens with zero attached hydrogens (tertiary/aromatic N) is 3. The predicted octanol–water partition coefficient (Wildman–Crippen LogP) is 0.786. The minimum Gasteiger partial charge on any atom is -0.380 e. The monoisotopic (exact) mass is 238 g/mol. The van der Waals surface area contributed by atoms with Crippen molar-refractivity contribution in [3.05, 3.63) is 11.8 Å². The van der Waals surface area contributed by atoms with Crippen LogP contribution in [0.2, 0.25) is 0 Å². The summed E-state index contributed by atoms with van der Waals surface area (Å²) in [6, 6.07) is 0. The second-order valence-corrected chi connectivity index (χ2v) is 5.92. The summed E-state index contributed by atoms with van der Waals surface area (Å²) in [5.74, 6) is 1.50. The normalized spacial score (nSPS) is 24.3. The highest BCUT2D eigenvalue weighted by Gasteiger charge is 2.36. The van der Waals surface area contributed by atoms with Crippen LogP contribution >= 0.6 is 0 Å². The van der Waals surface area contributed by atoms with E-state index in [2.05, 4.69) is 38.0 Å². The molecule has 96 valence electrons. The summed E-state index contributed by atoms with van der Waals surface area (Å²) in [4.78, 5) is 1.68. The molecule has 0 radical (unpaired) electrons. The smallest absolute Gasteiger partial charge is 0.286 e. The van der Waals surface area contributed by atoms with Crippen LogP contribution in [0.5, 0.6) is 0 Å². The Labute approximate surface area is 102 Å². The summed E-state index contributed by atoms with van der Waals surface area (Å²) in [6.07, 6.45) is 3.95. The Morgan fingerprint density at radius 2 is 2.29 bits per heavy atom. The summed E-state index contributed by atoms with van der Waals surface area (Å²) in [5.41, 5.74) is 0.160. The largest absolute Gasteiger partial charge is 0.380 e. The second kappa shape index (κ2) is 4.20. The van der Waals surface area contributed by atoms with Crippen LogP contribution in [0.15, 0.2) is 10.7 Å². The molecule has 0 spiro atoms. The maximum absolute atomic E-state index is 7.40. The van der Waals surface area contributed by atoms with Crippen molar-refractivity contribution in [2.45, 2.75) is 46.1 Å². The van der Waals surface area contributed by atoms with E-state index in [9.17, 15) is 0 Å². The molecule has 0 amide bonds. The molecule has 1 saturated heterocycles. The molecule has 1 N–H and O–H groups in total. The standard InChI is InChI=1S/C12H22N4O/c1-9(2)10-5-6-15(12(3,4)7-10)16-8-11(13)17-14-16/h8-10,13H,5-7H2,1-4H3. The number of hydrogen-bond donors (Lipinski definition) is 1. The van der Waals surface area contributed by atoms with Gasteiger partial charge in [-0.2, -0.15) is 0 Å². The van der Waals surface area contributed by atoms with Gasteiger partial charge in [0.05, 0.1) is 0 Å². The summed E-state index contributed by atoms with van der Waals surface area (Å²) in [7, 11) is 0. The molecule has 1 atom stereocenters. The van der Waals surface area contributed by atoms with E-state index in [4.69, 9.17) is 9.93 Å². The van der Waals surface area contributed by atoms with E-state index in [1.807, 2.05) is 0 Å². The van der Waals surface area contributed by atoms with Gasteiger partial charge in [-0.05, 0) is 29.9 Å². The lowest BCUT2D eigenvalue weighted by Gasteiger charge is -2.47. The quantitative estimate of drug-likeness (QED) is 0.775. The number of aromatic nitrogens is 2. The fraction of sp³-hybridized carbons (Fsp3) is 0.833. The van der Waals surface area contributed by atoms with Crippen LogP contribution in [-0.4, -0.2) is 12.1 Å². The molecular weight excluding hydrogens is 216 g/mol. The van der Waals surface area contributed by atoms with Crippen molar-refractivity contribution in [1.29, 1.82) is 5.41 Å². The van der Waals surface area contributed by atoms with Crippen LogP contribution in [0.1, 0.15) is 40.5 Å². The summed E-state index contributed by atoms with van der Waals surface area (Å²) >= 11 is 0. The zero-order chi connectivity index (χ0) is 12.6. The first-order valence-corrected chi connectivity index (χ1v) is 6.28. The molecular formula is C12H22N4O. The molecule has 1 aliphatic heterocycles. The Bertz CT molecular complexity index is 432. The molecule has 0 aliphatic carbocycles. The summed E-state index contributed by atoms with van der Waals surface area (Å²) < 4.78 is 4.82. The molecule has 1 fully saturated rings. The van der Waals surface area contributed by atoms with Gasteiger partial charge in [-0.15, -0.1) is 0 Å². The van der Waals surface area contributed by atoms with Crippen molar-refractivity contribution in [1.82, 2.24) is 5.27 Å². The number of hydrogen-bond acceptors (Lipinski definition) is 3. The molecule has 2 heterocycles. The molecule has 1 aliphatic rings. The van der Waals surface area contributed by atoms with E-state index < -0.39 is 0 Å². The Kier molecular flexibility index (Phi) is 3.02. The predicted molar refractivity (Wildman–Crippen MR) is 62.8 cm³/mol. The number of nitrogens with one attached hydrogen (secondary N) is 1. The zero-order valence-electron chi connectivity index (χ0n) is 11.1. The third-order valence-electron chi connectivity index (χ3n) is 3.82. The van der Waals surface area contributed by atoms with Crippen molar-refractivity contribution in [2.24, 2.45) is 11.8 Å². The summed E-state index contributed by atoms with van der Waals surface area (Å²) in [6.45, 7) is 10.0. The van der Waals surface area contributed by atoms with E-state index in [0.29, 0.717) is 0 Å². The van der Waals surface area contributed by atoms with Crippen molar-refractivity contribution in [2.75, 3.05) is 11.6 Å². The highest BCUT2D eigenvalue weighted by Crippen LogP contribution is 2.32. The first-order chi connectivity index (χ1) is 7.90. The molecule has 0 aromatic carbocycles. The van der Waals surface area contributed by atoms with E-state index >= 15 is 0 Å². The van der Waals surface area contributed by atoms with Crippen LogP contribution in [-0.2, 0) is 0 Å². The van der Waals surface area contributed by atoms with Gasteiger partial charge in [0.2, 0.25) is 0 Å². The Hall–Kier alpha value is -1.26. The lowest BCUT2D eigenvalue weighted by molar-refractivity contribution is -0.772. The van der Waals surface area contributed by atoms with Gasteiger partial charge in [0.25, 0.3) is 11.8 Å². The van der Waals surface area contributed by atoms with Gasteiger partial charge in [0.15, 0.2) is 0 Å².